The molecule has 2 aromatic rings. The summed E-state index contributed by atoms with van der Waals surface area (Å²) in [6, 6.07) is 10.4. The number of nitrogens with zero attached hydrogens (tertiary/aromatic N) is 3. The number of nitrogens with one attached hydrogen (secondary N) is 1. The molecule has 0 radical (unpaired) electrons. The highest BCUT2D eigenvalue weighted by Gasteiger charge is 2.43. The maximum atomic E-state index is 12.4. The maximum Gasteiger partial charge on any atom is 0.223 e. The largest absolute Gasteiger partial charge is 0.354 e. The van der Waals surface area contributed by atoms with Crippen LogP contribution in [0.2, 0.25) is 0 Å². The van der Waals surface area contributed by atoms with Gasteiger partial charge in [0, 0.05) is 31.3 Å². The zero-order chi connectivity index (χ0) is 16.4. The van der Waals surface area contributed by atoms with Gasteiger partial charge in [0.25, 0.3) is 0 Å². The normalized spacial score (nSPS) is 21.2. The third-order valence-electron chi connectivity index (χ3n) is 4.56. The number of likely N-dealkylation sites (N-methyl/N-ethyl adjacent to an activating group) is 1. The molecule has 1 saturated carbocycles. The van der Waals surface area contributed by atoms with Crippen molar-refractivity contribution in [3.63, 3.8) is 0 Å². The summed E-state index contributed by atoms with van der Waals surface area (Å²) in [5.74, 6) is 0.663. The van der Waals surface area contributed by atoms with Gasteiger partial charge < -0.3 is 10.2 Å². The Kier molecular flexibility index (Phi) is 4.48. The van der Waals surface area contributed by atoms with Crippen LogP contribution < -0.4 is 5.32 Å². The van der Waals surface area contributed by atoms with E-state index in [1.54, 1.807) is 4.68 Å². The fourth-order valence-corrected chi connectivity index (χ4v) is 3.09. The lowest BCUT2D eigenvalue weighted by atomic mass is 10.1. The van der Waals surface area contributed by atoms with Crippen LogP contribution in [-0.2, 0) is 11.8 Å². The quantitative estimate of drug-likeness (QED) is 0.887. The molecule has 5 heteroatoms. The molecular formula is C18H24N4O. The zero-order valence-electron chi connectivity index (χ0n) is 13.9. The van der Waals surface area contributed by atoms with Gasteiger partial charge in [-0.15, -0.1) is 0 Å². The van der Waals surface area contributed by atoms with Gasteiger partial charge in [-0.25, -0.2) is 0 Å². The molecule has 1 N–H and O–H groups in total. The van der Waals surface area contributed by atoms with Crippen molar-refractivity contribution in [1.82, 2.24) is 20.0 Å². The SMILES string of the molecule is CN(C)[C@H](CNC(=O)[C@@H]1C[C@@H]1c1ccccc1)c1cnn(C)c1. The standard InChI is InChI=1S/C18H24N4O/c1-21(2)17(14-10-20-22(3)12-14)11-19-18(23)16-9-15(16)13-7-5-4-6-8-13/h4-8,10,12,15-17H,9,11H2,1-3H3,(H,19,23)/t15-,16-,17-/m1/s1. The van der Waals surface area contributed by atoms with Crippen LogP contribution in [0.3, 0.4) is 0 Å². The first kappa shape index (κ1) is 15.7. The monoisotopic (exact) mass is 312 g/mol. The smallest absolute Gasteiger partial charge is 0.223 e. The molecule has 0 saturated heterocycles. The Bertz CT molecular complexity index is 665. The Hall–Kier alpha value is -2.14. The van der Waals surface area contributed by atoms with Crippen molar-refractivity contribution in [2.24, 2.45) is 13.0 Å². The summed E-state index contributed by atoms with van der Waals surface area (Å²) >= 11 is 0. The minimum Gasteiger partial charge on any atom is -0.354 e. The van der Waals surface area contributed by atoms with Gasteiger partial charge in [-0.1, -0.05) is 30.3 Å². The van der Waals surface area contributed by atoms with Crippen molar-refractivity contribution in [1.29, 1.82) is 0 Å². The molecular weight excluding hydrogens is 288 g/mol. The Morgan fingerprint density at radius 2 is 2.13 bits per heavy atom. The Labute approximate surface area is 137 Å². The van der Waals surface area contributed by atoms with Gasteiger partial charge in [-0.05, 0) is 32.0 Å². The fraction of sp³-hybridized carbons (Fsp3) is 0.444. The van der Waals surface area contributed by atoms with E-state index in [1.807, 2.05) is 51.7 Å². The van der Waals surface area contributed by atoms with E-state index >= 15 is 0 Å². The van der Waals surface area contributed by atoms with Crippen molar-refractivity contribution in [3.05, 3.63) is 53.9 Å². The van der Waals surface area contributed by atoms with E-state index < -0.39 is 0 Å². The van der Waals surface area contributed by atoms with Crippen LogP contribution in [0.15, 0.2) is 42.7 Å². The second-order valence-corrected chi connectivity index (χ2v) is 6.53. The number of amides is 1. The van der Waals surface area contributed by atoms with Crippen molar-refractivity contribution >= 4 is 5.91 Å². The predicted octanol–water partition coefficient (Wildman–Crippen LogP) is 1.94. The average Bonchev–Trinajstić information content (AvgIpc) is 3.24. The van der Waals surface area contributed by atoms with E-state index in [-0.39, 0.29) is 17.9 Å². The molecule has 122 valence electrons. The van der Waals surface area contributed by atoms with Gasteiger partial charge in [0.1, 0.15) is 0 Å². The van der Waals surface area contributed by atoms with Crippen LogP contribution in [0.4, 0.5) is 0 Å². The summed E-state index contributed by atoms with van der Waals surface area (Å²) in [4.78, 5) is 14.5. The van der Waals surface area contributed by atoms with Crippen molar-refractivity contribution in [2.45, 2.75) is 18.4 Å². The number of benzene rings is 1. The summed E-state index contributed by atoms with van der Waals surface area (Å²) in [6.45, 7) is 0.607. The summed E-state index contributed by atoms with van der Waals surface area (Å²) in [7, 11) is 5.95. The molecule has 0 unspecified atom stereocenters. The number of hydrogen-bond donors (Lipinski definition) is 1. The van der Waals surface area contributed by atoms with Crippen LogP contribution in [0.25, 0.3) is 0 Å². The highest BCUT2D eigenvalue weighted by atomic mass is 16.2. The molecule has 1 amide bonds. The van der Waals surface area contributed by atoms with Crippen LogP contribution in [0, 0.1) is 5.92 Å². The van der Waals surface area contributed by atoms with Gasteiger partial charge in [-0.2, -0.15) is 5.10 Å². The third-order valence-corrected chi connectivity index (χ3v) is 4.56. The average molecular weight is 312 g/mol. The molecule has 1 aromatic heterocycles. The van der Waals surface area contributed by atoms with Crippen LogP contribution in [0.1, 0.15) is 29.5 Å². The lowest BCUT2D eigenvalue weighted by molar-refractivity contribution is -0.122. The molecule has 1 aromatic carbocycles. The molecule has 23 heavy (non-hydrogen) atoms. The molecule has 1 heterocycles. The number of carbonyl (C=O) groups is 1. The summed E-state index contributed by atoms with van der Waals surface area (Å²) in [5, 5.41) is 7.34. The lowest BCUT2D eigenvalue weighted by Gasteiger charge is -2.23. The van der Waals surface area contributed by atoms with Crippen molar-refractivity contribution in [3.8, 4) is 0 Å². The van der Waals surface area contributed by atoms with E-state index in [0.29, 0.717) is 12.5 Å². The first-order valence-electron chi connectivity index (χ1n) is 8.04. The van der Waals surface area contributed by atoms with Crippen LogP contribution >= 0.6 is 0 Å². The topological polar surface area (TPSA) is 50.2 Å². The molecule has 0 spiro atoms. The fourth-order valence-electron chi connectivity index (χ4n) is 3.09. The molecule has 1 aliphatic carbocycles. The number of hydrogen-bond acceptors (Lipinski definition) is 3. The molecule has 0 aliphatic heterocycles. The Balaban J connectivity index is 1.56. The van der Waals surface area contributed by atoms with Crippen molar-refractivity contribution < 1.29 is 4.79 Å². The number of rotatable bonds is 6. The minimum absolute atomic E-state index is 0.120. The highest BCUT2D eigenvalue weighted by Crippen LogP contribution is 2.47. The van der Waals surface area contributed by atoms with E-state index in [0.717, 1.165) is 12.0 Å². The molecule has 3 atom stereocenters. The second kappa shape index (κ2) is 6.54. The minimum atomic E-state index is 0.120. The van der Waals surface area contributed by atoms with Crippen LogP contribution in [-0.4, -0.2) is 41.2 Å². The van der Waals surface area contributed by atoms with E-state index in [4.69, 9.17) is 0 Å². The molecule has 0 bridgehead atoms. The highest BCUT2D eigenvalue weighted by molar-refractivity contribution is 5.82. The summed E-state index contributed by atoms with van der Waals surface area (Å²) < 4.78 is 1.79. The molecule has 1 fully saturated rings. The van der Waals surface area contributed by atoms with E-state index in [1.165, 1.54) is 5.56 Å². The summed E-state index contributed by atoms with van der Waals surface area (Å²) in [6.07, 6.45) is 4.82. The Morgan fingerprint density at radius 1 is 1.39 bits per heavy atom. The van der Waals surface area contributed by atoms with E-state index in [9.17, 15) is 4.79 Å². The van der Waals surface area contributed by atoms with E-state index in [2.05, 4.69) is 27.4 Å². The van der Waals surface area contributed by atoms with Crippen LogP contribution in [0.5, 0.6) is 0 Å². The third kappa shape index (κ3) is 3.62. The predicted molar refractivity (Wildman–Crippen MR) is 89.9 cm³/mol. The second-order valence-electron chi connectivity index (χ2n) is 6.53. The van der Waals surface area contributed by atoms with Gasteiger partial charge >= 0.3 is 0 Å². The summed E-state index contributed by atoms with van der Waals surface area (Å²) in [5.41, 5.74) is 2.39. The van der Waals surface area contributed by atoms with Crippen molar-refractivity contribution in [2.75, 3.05) is 20.6 Å². The number of carbonyl (C=O) groups excluding carboxylic acids is 1. The molecule has 5 nitrogen and oxygen atoms in total. The Morgan fingerprint density at radius 3 is 2.74 bits per heavy atom. The number of aromatic nitrogens is 2. The van der Waals surface area contributed by atoms with Gasteiger partial charge in [0.05, 0.1) is 12.2 Å². The zero-order valence-corrected chi connectivity index (χ0v) is 13.9. The first-order chi connectivity index (χ1) is 11.1. The van der Waals surface area contributed by atoms with Gasteiger partial charge in [0.15, 0.2) is 0 Å². The maximum absolute atomic E-state index is 12.4. The van der Waals surface area contributed by atoms with Gasteiger partial charge in [-0.3, -0.25) is 9.48 Å². The molecule has 3 rings (SSSR count). The first-order valence-corrected chi connectivity index (χ1v) is 8.04. The number of aryl methyl sites for hydroxylation is 1. The lowest BCUT2D eigenvalue weighted by Crippen LogP contribution is -2.35. The van der Waals surface area contributed by atoms with Gasteiger partial charge in [0.2, 0.25) is 5.91 Å². The molecule has 1 aliphatic rings.